The maximum Gasteiger partial charge on any atom is 0.144 e. The molecule has 0 spiro atoms. The Kier molecular flexibility index (Phi) is 6.26. The predicted octanol–water partition coefficient (Wildman–Crippen LogP) is 2.35. The zero-order valence-electron chi connectivity index (χ0n) is 12.3. The highest BCUT2D eigenvalue weighted by molar-refractivity contribution is 5.80. The number of carbonyl (C=O) groups is 1. The van der Waals surface area contributed by atoms with E-state index in [9.17, 15) is 4.79 Å². The first-order valence-corrected chi connectivity index (χ1v) is 7.07. The van der Waals surface area contributed by atoms with E-state index in [2.05, 4.69) is 11.8 Å². The third-order valence-corrected chi connectivity index (χ3v) is 3.16. The van der Waals surface area contributed by atoms with E-state index in [4.69, 9.17) is 14.2 Å². The van der Waals surface area contributed by atoms with Crippen LogP contribution >= 0.6 is 0 Å². The van der Waals surface area contributed by atoms with Crippen molar-refractivity contribution in [2.45, 2.75) is 32.0 Å². The number of methoxy groups -OCH3 is 1. The summed E-state index contributed by atoms with van der Waals surface area (Å²) in [6.07, 6.45) is 2.01. The smallest absolute Gasteiger partial charge is 0.144 e. The number of ether oxygens (including phenoxy) is 3. The highest BCUT2D eigenvalue weighted by Gasteiger charge is 2.22. The van der Waals surface area contributed by atoms with Gasteiger partial charge in [-0.05, 0) is 24.1 Å². The Morgan fingerprint density at radius 1 is 1.33 bits per heavy atom. The van der Waals surface area contributed by atoms with Crippen LogP contribution in [0, 0.1) is 11.8 Å². The normalized spacial score (nSPS) is 16.0. The maximum atomic E-state index is 11.5. The molecule has 1 aliphatic heterocycles. The molecule has 21 heavy (non-hydrogen) atoms. The molecule has 0 amide bonds. The molecule has 112 valence electrons. The summed E-state index contributed by atoms with van der Waals surface area (Å²) in [7, 11) is 1.64. The van der Waals surface area contributed by atoms with E-state index in [0.29, 0.717) is 32.2 Å². The largest absolute Gasteiger partial charge is 0.497 e. The summed E-state index contributed by atoms with van der Waals surface area (Å²) >= 11 is 0. The van der Waals surface area contributed by atoms with Gasteiger partial charge in [-0.15, -0.1) is 0 Å². The summed E-state index contributed by atoms with van der Waals surface area (Å²) in [6.45, 7) is 1.65. The number of hydrogen-bond donors (Lipinski definition) is 0. The number of epoxide rings is 1. The van der Waals surface area contributed by atoms with Crippen LogP contribution in [0.4, 0.5) is 0 Å². The van der Waals surface area contributed by atoms with Crippen molar-refractivity contribution in [2.24, 2.45) is 0 Å². The fraction of sp³-hybridized carbons (Fsp3) is 0.471. The summed E-state index contributed by atoms with van der Waals surface area (Å²) in [5, 5.41) is 0. The Labute approximate surface area is 125 Å². The van der Waals surface area contributed by atoms with Gasteiger partial charge in [0.25, 0.3) is 0 Å². The Bertz CT molecular complexity index is 506. The molecule has 1 saturated heterocycles. The summed E-state index contributed by atoms with van der Waals surface area (Å²) in [5.74, 6) is 6.71. The summed E-state index contributed by atoms with van der Waals surface area (Å²) in [4.78, 5) is 11.5. The van der Waals surface area contributed by atoms with Crippen molar-refractivity contribution in [1.82, 2.24) is 0 Å². The van der Waals surface area contributed by atoms with Crippen LogP contribution < -0.4 is 4.74 Å². The molecule has 4 nitrogen and oxygen atoms in total. The number of Topliss-reactive ketones (excluding diaryl/α,β-unsaturated/α-hetero) is 1. The molecule has 1 aliphatic rings. The molecule has 0 aromatic heterocycles. The van der Waals surface area contributed by atoms with Gasteiger partial charge in [0.05, 0.1) is 32.8 Å². The van der Waals surface area contributed by atoms with Crippen molar-refractivity contribution in [2.75, 3.05) is 20.3 Å². The minimum absolute atomic E-state index is 0.174. The van der Waals surface area contributed by atoms with Crippen LogP contribution in [0.2, 0.25) is 0 Å². The summed E-state index contributed by atoms with van der Waals surface area (Å²) < 4.78 is 15.6. The molecular weight excluding hydrogens is 268 g/mol. The van der Waals surface area contributed by atoms with Gasteiger partial charge in [0.2, 0.25) is 0 Å². The van der Waals surface area contributed by atoms with Crippen molar-refractivity contribution >= 4 is 5.78 Å². The molecular formula is C17H20O4. The standard InChI is InChI=1S/C17H20O4/c1-19-16-8-5-14(6-9-16)12-20-11-3-2-4-15(18)7-10-17-13-21-17/h5-6,8-9,17H,4,7,10-13H2,1H3. The zero-order valence-corrected chi connectivity index (χ0v) is 12.3. The van der Waals surface area contributed by atoms with E-state index < -0.39 is 0 Å². The van der Waals surface area contributed by atoms with Crippen molar-refractivity contribution in [3.05, 3.63) is 29.8 Å². The van der Waals surface area contributed by atoms with Gasteiger partial charge >= 0.3 is 0 Å². The van der Waals surface area contributed by atoms with Crippen molar-refractivity contribution in [3.8, 4) is 17.6 Å². The fourth-order valence-corrected chi connectivity index (χ4v) is 1.80. The second-order valence-corrected chi connectivity index (χ2v) is 4.90. The van der Waals surface area contributed by atoms with Crippen LogP contribution in [0.15, 0.2) is 24.3 Å². The molecule has 0 radical (unpaired) electrons. The molecule has 0 bridgehead atoms. The number of benzene rings is 1. The topological polar surface area (TPSA) is 48.1 Å². The van der Waals surface area contributed by atoms with Gasteiger partial charge in [-0.1, -0.05) is 24.0 Å². The molecule has 1 heterocycles. The van der Waals surface area contributed by atoms with Crippen LogP contribution in [0.25, 0.3) is 0 Å². The number of hydrogen-bond acceptors (Lipinski definition) is 4. The maximum absolute atomic E-state index is 11.5. The lowest BCUT2D eigenvalue weighted by Crippen LogP contribution is -1.99. The average molecular weight is 288 g/mol. The molecule has 2 rings (SSSR count). The van der Waals surface area contributed by atoms with Crippen LogP contribution in [0.3, 0.4) is 0 Å². The quantitative estimate of drug-likeness (QED) is 0.418. The summed E-state index contributed by atoms with van der Waals surface area (Å²) in [5.41, 5.74) is 1.07. The molecule has 1 unspecified atom stereocenters. The van der Waals surface area contributed by atoms with E-state index in [0.717, 1.165) is 24.3 Å². The van der Waals surface area contributed by atoms with Crippen LogP contribution in [0.1, 0.15) is 24.8 Å². The first kappa shape index (κ1) is 15.6. The van der Waals surface area contributed by atoms with Crippen LogP contribution in [-0.4, -0.2) is 32.2 Å². The van der Waals surface area contributed by atoms with E-state index in [1.807, 2.05) is 24.3 Å². The zero-order chi connectivity index (χ0) is 14.9. The third kappa shape index (κ3) is 6.44. The highest BCUT2D eigenvalue weighted by Crippen LogP contribution is 2.15. The van der Waals surface area contributed by atoms with Crippen LogP contribution in [0.5, 0.6) is 5.75 Å². The SMILES string of the molecule is COc1ccc(COCC#CCC(=O)CCC2CO2)cc1. The Morgan fingerprint density at radius 3 is 2.76 bits per heavy atom. The average Bonchev–Trinajstić information content (AvgIpc) is 3.33. The van der Waals surface area contributed by atoms with Crippen LogP contribution in [-0.2, 0) is 20.9 Å². The second-order valence-electron chi connectivity index (χ2n) is 4.90. The van der Waals surface area contributed by atoms with E-state index in [1.165, 1.54) is 0 Å². The lowest BCUT2D eigenvalue weighted by atomic mass is 10.1. The molecule has 1 atom stereocenters. The molecule has 1 aromatic carbocycles. The van der Waals surface area contributed by atoms with E-state index >= 15 is 0 Å². The number of ketones is 1. The lowest BCUT2D eigenvalue weighted by Gasteiger charge is -2.02. The molecule has 1 aromatic rings. The molecule has 0 aliphatic carbocycles. The first-order valence-electron chi connectivity index (χ1n) is 7.07. The fourth-order valence-electron chi connectivity index (χ4n) is 1.80. The van der Waals surface area contributed by atoms with Gasteiger partial charge in [0.1, 0.15) is 18.1 Å². The van der Waals surface area contributed by atoms with Gasteiger partial charge in [0, 0.05) is 6.42 Å². The number of carbonyl (C=O) groups excluding carboxylic acids is 1. The Hall–Kier alpha value is -1.83. The van der Waals surface area contributed by atoms with Gasteiger partial charge in [-0.25, -0.2) is 0 Å². The van der Waals surface area contributed by atoms with Gasteiger partial charge in [-0.2, -0.15) is 0 Å². The van der Waals surface area contributed by atoms with Gasteiger partial charge < -0.3 is 14.2 Å². The van der Waals surface area contributed by atoms with Gasteiger partial charge in [0.15, 0.2) is 0 Å². The third-order valence-electron chi connectivity index (χ3n) is 3.16. The van der Waals surface area contributed by atoms with Gasteiger partial charge in [-0.3, -0.25) is 4.79 Å². The number of rotatable bonds is 8. The molecule has 1 fully saturated rings. The van der Waals surface area contributed by atoms with E-state index in [1.54, 1.807) is 7.11 Å². The monoisotopic (exact) mass is 288 g/mol. The lowest BCUT2D eigenvalue weighted by molar-refractivity contribution is -0.118. The Balaban J connectivity index is 1.56. The minimum Gasteiger partial charge on any atom is -0.497 e. The molecule has 0 N–H and O–H groups in total. The predicted molar refractivity (Wildman–Crippen MR) is 79.0 cm³/mol. The van der Waals surface area contributed by atoms with Crippen molar-refractivity contribution in [1.29, 1.82) is 0 Å². The molecule has 4 heteroatoms. The molecule has 0 saturated carbocycles. The minimum atomic E-state index is 0.174. The Morgan fingerprint density at radius 2 is 2.10 bits per heavy atom. The first-order chi connectivity index (χ1) is 10.3. The second kappa shape index (κ2) is 8.46. The highest BCUT2D eigenvalue weighted by atomic mass is 16.6. The van der Waals surface area contributed by atoms with E-state index in [-0.39, 0.29) is 5.78 Å². The van der Waals surface area contributed by atoms with Crippen molar-refractivity contribution < 1.29 is 19.0 Å². The summed E-state index contributed by atoms with van der Waals surface area (Å²) in [6, 6.07) is 7.70. The van der Waals surface area contributed by atoms with Crippen molar-refractivity contribution in [3.63, 3.8) is 0 Å².